The highest BCUT2D eigenvalue weighted by Crippen LogP contribution is 2.22. The minimum atomic E-state index is -4.46. The van der Waals surface area contributed by atoms with Gasteiger partial charge in [-0.3, -0.25) is 0 Å². The Morgan fingerprint density at radius 3 is 2.22 bits per heavy atom. The highest BCUT2D eigenvalue weighted by Gasteiger charge is 2.28. The van der Waals surface area contributed by atoms with E-state index in [1.54, 1.807) is 30.3 Å². The van der Waals surface area contributed by atoms with Crippen molar-refractivity contribution in [1.82, 2.24) is 4.72 Å². The molecule has 0 aliphatic rings. The number of benzene rings is 2. The third-order valence-electron chi connectivity index (χ3n) is 3.27. The molecule has 2 aromatic rings. The van der Waals surface area contributed by atoms with Crippen molar-refractivity contribution in [1.29, 1.82) is 0 Å². The first kappa shape index (κ1) is 17.5. The molecule has 23 heavy (non-hydrogen) atoms. The van der Waals surface area contributed by atoms with E-state index in [-0.39, 0.29) is 12.1 Å². The Morgan fingerprint density at radius 2 is 1.61 bits per heavy atom. The summed E-state index contributed by atoms with van der Waals surface area (Å²) >= 11 is 0. The lowest BCUT2D eigenvalue weighted by Crippen LogP contribution is -2.38. The lowest BCUT2D eigenvalue weighted by molar-refractivity contribution is 0.0627. The number of aliphatic hydroxyl groups is 1. The summed E-state index contributed by atoms with van der Waals surface area (Å²) in [4.78, 5) is -1.03. The average Bonchev–Trinajstić information content (AvgIpc) is 2.50. The molecule has 1 atom stereocenters. The predicted octanol–water partition coefficient (Wildman–Crippen LogP) is 2.29. The quantitative estimate of drug-likeness (QED) is 0.817. The number of hydrogen-bond donors (Lipinski definition) is 2. The maximum Gasteiger partial charge on any atom is 0.243 e. The van der Waals surface area contributed by atoms with Gasteiger partial charge in [-0.15, -0.1) is 0 Å². The van der Waals surface area contributed by atoms with Crippen LogP contribution in [0.5, 0.6) is 0 Å². The second-order valence-electron chi connectivity index (χ2n) is 5.16. The summed E-state index contributed by atoms with van der Waals surface area (Å²) in [6.07, 6.45) is 0. The average molecular weight is 345 g/mol. The molecule has 2 N–H and O–H groups in total. The molecule has 0 saturated carbocycles. The molecule has 0 aliphatic heterocycles. The van der Waals surface area contributed by atoms with E-state index in [4.69, 9.17) is 0 Å². The lowest BCUT2D eigenvalue weighted by atomic mass is 9.97. The van der Waals surface area contributed by atoms with Crippen LogP contribution in [0.3, 0.4) is 0 Å². The smallest absolute Gasteiger partial charge is 0.243 e. The van der Waals surface area contributed by atoms with E-state index >= 15 is 0 Å². The van der Waals surface area contributed by atoms with Crippen LogP contribution in [0.15, 0.2) is 47.4 Å². The minimum absolute atomic E-state index is 0.152. The predicted molar refractivity (Wildman–Crippen MR) is 77.5 cm³/mol. The molecule has 0 aliphatic carbocycles. The highest BCUT2D eigenvalue weighted by molar-refractivity contribution is 7.89. The number of hydrogen-bond acceptors (Lipinski definition) is 3. The van der Waals surface area contributed by atoms with Gasteiger partial charge in [0.1, 0.15) is 16.3 Å². The minimum Gasteiger partial charge on any atom is -0.384 e. The summed E-state index contributed by atoms with van der Waals surface area (Å²) in [6.45, 7) is 0.893. The zero-order chi connectivity index (χ0) is 17.3. The van der Waals surface area contributed by atoms with E-state index in [2.05, 4.69) is 0 Å². The summed E-state index contributed by atoms with van der Waals surface area (Å²) in [5, 5.41) is 10.3. The molecule has 0 spiro atoms. The van der Waals surface area contributed by atoms with Crippen LogP contribution in [0.4, 0.5) is 13.2 Å². The van der Waals surface area contributed by atoms with E-state index in [9.17, 15) is 26.7 Å². The van der Waals surface area contributed by atoms with E-state index in [1.807, 2.05) is 4.72 Å². The molecule has 2 rings (SSSR count). The SMILES string of the molecule is CC(O)(CNS(=O)(=O)c1cc(F)c(F)cc1F)c1ccccc1. The lowest BCUT2D eigenvalue weighted by Gasteiger charge is -2.24. The third-order valence-corrected chi connectivity index (χ3v) is 4.68. The van der Waals surface area contributed by atoms with Crippen molar-refractivity contribution in [2.75, 3.05) is 6.54 Å². The number of nitrogens with one attached hydrogen (secondary N) is 1. The van der Waals surface area contributed by atoms with E-state index in [0.29, 0.717) is 5.56 Å². The fourth-order valence-corrected chi connectivity index (χ4v) is 3.12. The Hall–Kier alpha value is -1.90. The van der Waals surface area contributed by atoms with Gasteiger partial charge in [0.2, 0.25) is 10.0 Å². The van der Waals surface area contributed by atoms with Crippen molar-refractivity contribution >= 4 is 10.0 Å². The molecule has 0 aromatic heterocycles. The molecule has 2 aromatic carbocycles. The van der Waals surface area contributed by atoms with Gasteiger partial charge in [-0.25, -0.2) is 26.3 Å². The van der Waals surface area contributed by atoms with Crippen LogP contribution in [0.25, 0.3) is 0 Å². The molecule has 1 unspecified atom stereocenters. The fourth-order valence-electron chi connectivity index (χ4n) is 1.92. The Morgan fingerprint density at radius 1 is 1.04 bits per heavy atom. The Kier molecular flexibility index (Phi) is 4.79. The summed E-state index contributed by atoms with van der Waals surface area (Å²) in [5.41, 5.74) is -1.13. The maximum absolute atomic E-state index is 13.6. The van der Waals surface area contributed by atoms with Gasteiger partial charge in [-0.05, 0) is 18.6 Å². The molecule has 0 saturated heterocycles. The van der Waals surface area contributed by atoms with Crippen molar-refractivity contribution in [3.63, 3.8) is 0 Å². The molecule has 4 nitrogen and oxygen atoms in total. The topological polar surface area (TPSA) is 66.4 Å². The first-order valence-electron chi connectivity index (χ1n) is 6.55. The maximum atomic E-state index is 13.6. The zero-order valence-electron chi connectivity index (χ0n) is 12.1. The van der Waals surface area contributed by atoms with Gasteiger partial charge >= 0.3 is 0 Å². The first-order valence-corrected chi connectivity index (χ1v) is 8.04. The van der Waals surface area contributed by atoms with Gasteiger partial charge in [0, 0.05) is 12.6 Å². The third kappa shape index (κ3) is 3.90. The molecule has 0 amide bonds. The molecular formula is C15H14F3NO3S. The fraction of sp³-hybridized carbons (Fsp3) is 0.200. The normalized spacial score (nSPS) is 14.5. The van der Waals surface area contributed by atoms with Crippen molar-refractivity contribution in [3.05, 3.63) is 65.5 Å². The molecule has 0 radical (unpaired) electrons. The van der Waals surface area contributed by atoms with E-state index < -0.39 is 44.5 Å². The second-order valence-corrected chi connectivity index (χ2v) is 6.90. The van der Waals surface area contributed by atoms with Crippen LogP contribution in [-0.2, 0) is 15.6 Å². The summed E-state index contributed by atoms with van der Waals surface area (Å²) in [7, 11) is -4.46. The molecular weight excluding hydrogens is 331 g/mol. The Balaban J connectivity index is 2.24. The van der Waals surface area contributed by atoms with Crippen LogP contribution in [0, 0.1) is 17.5 Å². The Labute approximate surface area is 131 Å². The standard InChI is InChI=1S/C15H14F3NO3S/c1-15(20,10-5-3-2-4-6-10)9-19-23(21,22)14-8-12(17)11(16)7-13(14)18/h2-8,19-20H,9H2,1H3. The van der Waals surface area contributed by atoms with Crippen LogP contribution in [0.2, 0.25) is 0 Å². The van der Waals surface area contributed by atoms with Crippen LogP contribution < -0.4 is 4.72 Å². The second kappa shape index (κ2) is 6.31. The van der Waals surface area contributed by atoms with Crippen molar-refractivity contribution < 1.29 is 26.7 Å². The van der Waals surface area contributed by atoms with Crippen LogP contribution in [0.1, 0.15) is 12.5 Å². The molecule has 124 valence electrons. The van der Waals surface area contributed by atoms with E-state index in [1.165, 1.54) is 6.92 Å². The van der Waals surface area contributed by atoms with Gasteiger partial charge in [0.05, 0.1) is 0 Å². The highest BCUT2D eigenvalue weighted by atomic mass is 32.2. The van der Waals surface area contributed by atoms with Gasteiger partial charge in [0.15, 0.2) is 11.6 Å². The van der Waals surface area contributed by atoms with Gasteiger partial charge in [0.25, 0.3) is 0 Å². The van der Waals surface area contributed by atoms with Crippen molar-refractivity contribution in [2.24, 2.45) is 0 Å². The van der Waals surface area contributed by atoms with Crippen molar-refractivity contribution in [2.45, 2.75) is 17.4 Å². The number of sulfonamides is 1. The first-order chi connectivity index (χ1) is 10.6. The summed E-state index contributed by atoms with van der Waals surface area (Å²) < 4.78 is 65.7. The molecule has 0 fully saturated rings. The van der Waals surface area contributed by atoms with Crippen LogP contribution >= 0.6 is 0 Å². The van der Waals surface area contributed by atoms with Crippen LogP contribution in [-0.4, -0.2) is 20.1 Å². The number of halogens is 3. The zero-order valence-corrected chi connectivity index (χ0v) is 12.9. The molecule has 8 heteroatoms. The largest absolute Gasteiger partial charge is 0.384 e. The monoisotopic (exact) mass is 345 g/mol. The van der Waals surface area contributed by atoms with Gasteiger partial charge in [-0.1, -0.05) is 30.3 Å². The Bertz CT molecular complexity index is 808. The van der Waals surface area contributed by atoms with Gasteiger partial charge in [-0.2, -0.15) is 0 Å². The summed E-state index contributed by atoms with van der Waals surface area (Å²) in [5.74, 6) is -4.39. The molecule has 0 bridgehead atoms. The summed E-state index contributed by atoms with van der Waals surface area (Å²) in [6, 6.07) is 8.63. The van der Waals surface area contributed by atoms with E-state index in [0.717, 1.165) is 0 Å². The van der Waals surface area contributed by atoms with Crippen molar-refractivity contribution in [3.8, 4) is 0 Å². The molecule has 0 heterocycles. The van der Waals surface area contributed by atoms with Gasteiger partial charge < -0.3 is 5.11 Å². The number of rotatable bonds is 5.